The van der Waals surface area contributed by atoms with E-state index in [2.05, 4.69) is 50.5 Å². The van der Waals surface area contributed by atoms with Gasteiger partial charge in [0.05, 0.1) is 38.7 Å². The molecule has 2 aromatic carbocycles. The summed E-state index contributed by atoms with van der Waals surface area (Å²) in [6, 6.07) is 7.69. The maximum absolute atomic E-state index is 13.5. The van der Waals surface area contributed by atoms with Gasteiger partial charge in [0, 0.05) is 23.3 Å². The molecular formula is C26H32N2O4. The van der Waals surface area contributed by atoms with Gasteiger partial charge in [-0.25, -0.2) is 0 Å². The Balaban J connectivity index is 1.97. The predicted molar refractivity (Wildman–Crippen MR) is 127 cm³/mol. The second kappa shape index (κ2) is 8.08. The predicted octanol–water partition coefficient (Wildman–Crippen LogP) is 5.55. The summed E-state index contributed by atoms with van der Waals surface area (Å²) in [5.74, 6) is 1.79. The van der Waals surface area contributed by atoms with Gasteiger partial charge in [0.1, 0.15) is 0 Å². The molecule has 2 N–H and O–H groups in total. The van der Waals surface area contributed by atoms with E-state index < -0.39 is 0 Å². The van der Waals surface area contributed by atoms with Crippen LogP contribution < -0.4 is 24.8 Å². The minimum absolute atomic E-state index is 0.112. The lowest BCUT2D eigenvalue weighted by molar-refractivity contribution is -0.118. The van der Waals surface area contributed by atoms with Crippen LogP contribution in [-0.2, 0) is 4.79 Å². The first kappa shape index (κ1) is 22.1. The van der Waals surface area contributed by atoms with Crippen LogP contribution in [0.2, 0.25) is 0 Å². The van der Waals surface area contributed by atoms with Crippen molar-refractivity contribution in [2.24, 2.45) is 5.41 Å². The molecule has 170 valence electrons. The fourth-order valence-electron chi connectivity index (χ4n) is 4.80. The molecule has 2 aromatic rings. The SMILES string of the molecule is COc1ccc(C2Nc3cc(C)c(C)cc3NC3=C2C(=O)CC(C)(C)C3)c(OC)c1OC. The zero-order valence-corrected chi connectivity index (χ0v) is 19.9. The monoisotopic (exact) mass is 436 g/mol. The van der Waals surface area contributed by atoms with Gasteiger partial charge in [0.2, 0.25) is 5.75 Å². The molecular weight excluding hydrogens is 404 g/mol. The minimum atomic E-state index is -0.390. The Morgan fingerprint density at radius 2 is 1.56 bits per heavy atom. The Kier molecular flexibility index (Phi) is 5.57. The molecule has 0 radical (unpaired) electrons. The van der Waals surface area contributed by atoms with Gasteiger partial charge in [0.15, 0.2) is 17.3 Å². The van der Waals surface area contributed by atoms with Crippen LogP contribution in [0.25, 0.3) is 0 Å². The number of ketones is 1. The van der Waals surface area contributed by atoms with Crippen molar-refractivity contribution < 1.29 is 19.0 Å². The molecule has 4 rings (SSSR count). The van der Waals surface area contributed by atoms with Gasteiger partial charge >= 0.3 is 0 Å². The molecule has 0 amide bonds. The largest absolute Gasteiger partial charge is 0.493 e. The summed E-state index contributed by atoms with van der Waals surface area (Å²) < 4.78 is 16.9. The van der Waals surface area contributed by atoms with Crippen LogP contribution in [0.5, 0.6) is 17.2 Å². The summed E-state index contributed by atoms with van der Waals surface area (Å²) in [6.45, 7) is 8.47. The lowest BCUT2D eigenvalue weighted by atomic mass is 9.73. The lowest BCUT2D eigenvalue weighted by Gasteiger charge is -2.34. The fourth-order valence-corrected chi connectivity index (χ4v) is 4.80. The number of aryl methyl sites for hydroxylation is 2. The molecule has 2 aliphatic rings. The van der Waals surface area contributed by atoms with Crippen molar-refractivity contribution in [2.75, 3.05) is 32.0 Å². The number of allylic oxidation sites excluding steroid dienone is 1. The molecule has 0 saturated carbocycles. The van der Waals surface area contributed by atoms with E-state index in [1.165, 1.54) is 11.1 Å². The van der Waals surface area contributed by atoms with Crippen molar-refractivity contribution in [3.63, 3.8) is 0 Å². The van der Waals surface area contributed by atoms with E-state index in [9.17, 15) is 4.79 Å². The summed E-state index contributed by atoms with van der Waals surface area (Å²) in [5.41, 5.74) is 6.75. The quantitative estimate of drug-likeness (QED) is 0.655. The molecule has 0 aromatic heterocycles. The number of rotatable bonds is 4. The first-order valence-corrected chi connectivity index (χ1v) is 10.9. The van der Waals surface area contributed by atoms with Crippen LogP contribution in [-0.4, -0.2) is 27.1 Å². The Morgan fingerprint density at radius 3 is 2.19 bits per heavy atom. The van der Waals surface area contributed by atoms with Crippen molar-refractivity contribution in [2.45, 2.75) is 46.6 Å². The molecule has 1 atom stereocenters. The molecule has 1 heterocycles. The normalized spacial score (nSPS) is 19.2. The van der Waals surface area contributed by atoms with Gasteiger partial charge in [-0.15, -0.1) is 0 Å². The van der Waals surface area contributed by atoms with Gasteiger partial charge in [-0.1, -0.05) is 13.8 Å². The van der Waals surface area contributed by atoms with Crippen LogP contribution in [0.4, 0.5) is 11.4 Å². The number of fused-ring (bicyclic) bond motifs is 1. The summed E-state index contributed by atoms with van der Waals surface area (Å²) in [6.07, 6.45) is 1.28. The molecule has 6 nitrogen and oxygen atoms in total. The minimum Gasteiger partial charge on any atom is -0.493 e. The highest BCUT2D eigenvalue weighted by Crippen LogP contribution is 2.50. The number of Topliss-reactive ketones (excluding diaryl/α,β-unsaturated/α-hetero) is 1. The van der Waals surface area contributed by atoms with E-state index in [4.69, 9.17) is 14.2 Å². The molecule has 1 aliphatic heterocycles. The summed E-state index contributed by atoms with van der Waals surface area (Å²) >= 11 is 0. The van der Waals surface area contributed by atoms with Gasteiger partial charge in [-0.2, -0.15) is 0 Å². The third-order valence-electron chi connectivity index (χ3n) is 6.47. The van der Waals surface area contributed by atoms with Crippen molar-refractivity contribution in [3.8, 4) is 17.2 Å². The maximum Gasteiger partial charge on any atom is 0.203 e. The standard InChI is InChI=1S/C26H32N2O4/c1-14-10-17-18(11-15(14)2)28-23(22-19(27-17)12-26(3,4)13-20(22)29)16-8-9-21(30-5)25(32-7)24(16)31-6/h8-11,23,27-28H,12-13H2,1-7H3. The second-order valence-electron chi connectivity index (χ2n) is 9.44. The average molecular weight is 437 g/mol. The van der Waals surface area contributed by atoms with Crippen LogP contribution >= 0.6 is 0 Å². The zero-order valence-electron chi connectivity index (χ0n) is 19.9. The van der Waals surface area contributed by atoms with Crippen molar-refractivity contribution >= 4 is 17.2 Å². The topological polar surface area (TPSA) is 68.8 Å². The molecule has 1 aliphatic carbocycles. The highest BCUT2D eigenvalue weighted by molar-refractivity contribution is 6.01. The first-order valence-electron chi connectivity index (χ1n) is 10.9. The number of carbonyl (C=O) groups excluding carboxylic acids is 1. The van der Waals surface area contributed by atoms with Crippen molar-refractivity contribution in [3.05, 3.63) is 52.2 Å². The third kappa shape index (κ3) is 3.68. The molecule has 6 heteroatoms. The van der Waals surface area contributed by atoms with E-state index in [1.807, 2.05) is 12.1 Å². The Hall–Kier alpha value is -3.15. The number of ether oxygens (including phenoxy) is 3. The highest BCUT2D eigenvalue weighted by Gasteiger charge is 2.40. The van der Waals surface area contributed by atoms with Gasteiger partial charge in [-0.05, 0) is 61.1 Å². The van der Waals surface area contributed by atoms with Gasteiger partial charge < -0.3 is 24.8 Å². The first-order chi connectivity index (χ1) is 15.2. The van der Waals surface area contributed by atoms with E-state index in [-0.39, 0.29) is 17.2 Å². The Bertz CT molecular complexity index is 1120. The summed E-state index contributed by atoms with van der Waals surface area (Å²) in [4.78, 5) is 13.5. The van der Waals surface area contributed by atoms with Crippen molar-refractivity contribution in [1.29, 1.82) is 0 Å². The second-order valence-corrected chi connectivity index (χ2v) is 9.44. The molecule has 1 unspecified atom stereocenters. The third-order valence-corrected chi connectivity index (χ3v) is 6.47. The molecule has 0 fully saturated rings. The van der Waals surface area contributed by atoms with E-state index in [0.717, 1.165) is 34.6 Å². The number of carbonyl (C=O) groups is 1. The zero-order chi connectivity index (χ0) is 23.2. The number of hydrogen-bond donors (Lipinski definition) is 2. The molecule has 0 saturated heterocycles. The number of hydrogen-bond acceptors (Lipinski definition) is 6. The smallest absolute Gasteiger partial charge is 0.203 e. The number of benzene rings is 2. The summed E-state index contributed by atoms with van der Waals surface area (Å²) in [5, 5.41) is 7.25. The highest BCUT2D eigenvalue weighted by atomic mass is 16.5. The number of methoxy groups -OCH3 is 3. The van der Waals surface area contributed by atoms with Crippen LogP contribution in [0.1, 0.15) is 49.4 Å². The van der Waals surface area contributed by atoms with Crippen LogP contribution in [0.3, 0.4) is 0 Å². The van der Waals surface area contributed by atoms with Crippen LogP contribution in [0.15, 0.2) is 35.5 Å². The average Bonchev–Trinajstić information content (AvgIpc) is 2.88. The number of nitrogens with one attached hydrogen (secondary N) is 2. The molecule has 0 spiro atoms. The molecule has 32 heavy (non-hydrogen) atoms. The van der Waals surface area contributed by atoms with Crippen molar-refractivity contribution in [1.82, 2.24) is 0 Å². The summed E-state index contributed by atoms with van der Waals surface area (Å²) in [7, 11) is 4.80. The van der Waals surface area contributed by atoms with E-state index >= 15 is 0 Å². The van der Waals surface area contributed by atoms with Crippen LogP contribution in [0, 0.1) is 19.3 Å². The Morgan fingerprint density at radius 1 is 0.906 bits per heavy atom. The van der Waals surface area contributed by atoms with E-state index in [0.29, 0.717) is 23.7 Å². The number of anilines is 2. The maximum atomic E-state index is 13.5. The van der Waals surface area contributed by atoms with Gasteiger partial charge in [0.25, 0.3) is 0 Å². The fraction of sp³-hybridized carbons (Fsp3) is 0.423. The van der Waals surface area contributed by atoms with Gasteiger partial charge in [-0.3, -0.25) is 4.79 Å². The molecule has 0 bridgehead atoms. The Labute approximate surface area is 189 Å². The van der Waals surface area contributed by atoms with E-state index in [1.54, 1.807) is 21.3 Å². The lowest BCUT2D eigenvalue weighted by Crippen LogP contribution is -2.31.